The lowest BCUT2D eigenvalue weighted by atomic mass is 9.99. The maximum Gasteiger partial charge on any atom is 0.259 e. The van der Waals surface area contributed by atoms with Crippen molar-refractivity contribution in [1.82, 2.24) is 5.32 Å². The van der Waals surface area contributed by atoms with Crippen LogP contribution in [0.25, 0.3) is 0 Å². The maximum absolute atomic E-state index is 12.4. The monoisotopic (exact) mass is 346 g/mol. The van der Waals surface area contributed by atoms with Gasteiger partial charge < -0.3 is 15.7 Å². The summed E-state index contributed by atoms with van der Waals surface area (Å²) in [5.74, 6) is -0.331. The van der Waals surface area contributed by atoms with Crippen molar-refractivity contribution in [3.8, 4) is 5.75 Å². The molecule has 0 unspecified atom stereocenters. The van der Waals surface area contributed by atoms with Gasteiger partial charge in [0.1, 0.15) is 5.75 Å². The smallest absolute Gasteiger partial charge is 0.259 e. The molecule has 0 bridgehead atoms. The second-order valence-electron chi connectivity index (χ2n) is 4.99. The summed E-state index contributed by atoms with van der Waals surface area (Å²) in [5.41, 5.74) is 3.45. The minimum atomic E-state index is -0.305. The number of carbonyl (C=O) groups is 1. The van der Waals surface area contributed by atoms with Crippen molar-refractivity contribution < 1.29 is 9.90 Å². The van der Waals surface area contributed by atoms with E-state index in [-0.39, 0.29) is 17.2 Å². The van der Waals surface area contributed by atoms with E-state index in [1.54, 1.807) is 12.1 Å². The van der Waals surface area contributed by atoms with E-state index in [4.69, 9.17) is 0 Å². The van der Waals surface area contributed by atoms with Gasteiger partial charge >= 0.3 is 0 Å². The number of phenols is 1. The molecule has 3 N–H and O–H groups in total. The van der Waals surface area contributed by atoms with Gasteiger partial charge in [0.2, 0.25) is 0 Å². The summed E-state index contributed by atoms with van der Waals surface area (Å²) in [6.07, 6.45) is 0.885. The maximum atomic E-state index is 12.4. The first-order chi connectivity index (χ1) is 10.1. The van der Waals surface area contributed by atoms with Gasteiger partial charge in [0, 0.05) is 16.7 Å². The third-order valence-corrected chi connectivity index (χ3v) is 4.08. The summed E-state index contributed by atoms with van der Waals surface area (Å²) < 4.78 is 0.754. The zero-order valence-electron chi connectivity index (χ0n) is 11.3. The van der Waals surface area contributed by atoms with Gasteiger partial charge in [-0.1, -0.05) is 28.1 Å². The highest BCUT2D eigenvalue weighted by Crippen LogP contribution is 2.26. The first-order valence-electron chi connectivity index (χ1n) is 6.76. The number of rotatable bonds is 2. The van der Waals surface area contributed by atoms with Gasteiger partial charge in [-0.15, -0.1) is 0 Å². The number of phenolic OH excluding ortho intramolecular Hbond substituents is 1. The number of amides is 1. The summed E-state index contributed by atoms with van der Waals surface area (Å²) >= 11 is 3.31. The van der Waals surface area contributed by atoms with Crippen LogP contribution in [0.4, 0.5) is 5.69 Å². The number of aromatic hydroxyl groups is 1. The molecule has 0 saturated carbocycles. The van der Waals surface area contributed by atoms with Crippen molar-refractivity contribution in [3.05, 3.63) is 57.6 Å². The summed E-state index contributed by atoms with van der Waals surface area (Å²) in [7, 11) is 0. The third-order valence-electron chi connectivity index (χ3n) is 3.59. The van der Waals surface area contributed by atoms with E-state index in [0.717, 1.165) is 29.7 Å². The molecule has 3 rings (SSSR count). The average Bonchev–Trinajstić information content (AvgIpc) is 2.50. The highest BCUT2D eigenvalue weighted by atomic mass is 79.9. The Morgan fingerprint density at radius 1 is 1.29 bits per heavy atom. The van der Waals surface area contributed by atoms with E-state index in [1.807, 2.05) is 12.1 Å². The van der Waals surface area contributed by atoms with Crippen LogP contribution in [0.1, 0.15) is 21.5 Å². The normalized spacial score (nSPS) is 13.6. The number of hydrogen-bond donors (Lipinski definition) is 3. The zero-order valence-corrected chi connectivity index (χ0v) is 12.9. The van der Waals surface area contributed by atoms with Crippen LogP contribution in [0.3, 0.4) is 0 Å². The Morgan fingerprint density at radius 3 is 3.00 bits per heavy atom. The molecule has 1 heterocycles. The number of halogens is 1. The molecule has 0 radical (unpaired) electrons. The predicted molar refractivity (Wildman–Crippen MR) is 85.6 cm³/mol. The molecule has 1 amide bonds. The number of nitrogens with one attached hydrogen (secondary N) is 2. The summed E-state index contributed by atoms with van der Waals surface area (Å²) in [4.78, 5) is 12.4. The molecule has 0 atom stereocenters. The van der Waals surface area contributed by atoms with Crippen LogP contribution in [0.2, 0.25) is 0 Å². The summed E-state index contributed by atoms with van der Waals surface area (Å²) in [6, 6.07) is 10.7. The largest absolute Gasteiger partial charge is 0.507 e. The second-order valence-corrected chi connectivity index (χ2v) is 5.90. The minimum absolute atomic E-state index is 0.0258. The van der Waals surface area contributed by atoms with E-state index in [0.29, 0.717) is 0 Å². The van der Waals surface area contributed by atoms with Crippen molar-refractivity contribution >= 4 is 27.5 Å². The fourth-order valence-corrected chi connectivity index (χ4v) is 2.89. The van der Waals surface area contributed by atoms with Crippen LogP contribution < -0.4 is 10.6 Å². The highest BCUT2D eigenvalue weighted by molar-refractivity contribution is 9.10. The lowest BCUT2D eigenvalue weighted by molar-refractivity contribution is 0.102. The van der Waals surface area contributed by atoms with Crippen LogP contribution >= 0.6 is 15.9 Å². The van der Waals surface area contributed by atoms with Crippen molar-refractivity contribution in [2.75, 3.05) is 11.9 Å². The van der Waals surface area contributed by atoms with Gasteiger partial charge in [0.25, 0.3) is 5.91 Å². The lowest BCUT2D eigenvalue weighted by Crippen LogP contribution is -2.25. The molecular weight excluding hydrogens is 332 g/mol. The minimum Gasteiger partial charge on any atom is -0.507 e. The van der Waals surface area contributed by atoms with Gasteiger partial charge in [-0.2, -0.15) is 0 Å². The second kappa shape index (κ2) is 5.87. The Balaban J connectivity index is 1.90. The summed E-state index contributed by atoms with van der Waals surface area (Å²) in [5, 5.41) is 16.0. The van der Waals surface area contributed by atoms with E-state index in [1.165, 1.54) is 17.2 Å². The Labute approximate surface area is 131 Å². The fourth-order valence-electron chi connectivity index (χ4n) is 2.53. The van der Waals surface area contributed by atoms with Gasteiger partial charge in [-0.05, 0) is 48.4 Å². The SMILES string of the molecule is O=C(Nc1cccc2c1CCNC2)c1cc(Br)ccc1O. The van der Waals surface area contributed by atoms with Gasteiger partial charge in [0.15, 0.2) is 0 Å². The Kier molecular flexibility index (Phi) is 3.94. The molecule has 2 aromatic rings. The van der Waals surface area contributed by atoms with E-state index in [2.05, 4.69) is 32.6 Å². The quantitative estimate of drug-likeness (QED) is 0.783. The first kappa shape index (κ1) is 14.1. The zero-order chi connectivity index (χ0) is 14.8. The molecule has 0 aromatic heterocycles. The standard InChI is InChI=1S/C16H15BrN2O2/c17-11-4-5-15(20)13(8-11)16(21)19-14-3-1-2-10-9-18-7-6-12(10)14/h1-5,8,18,20H,6-7,9H2,(H,19,21). The molecule has 0 fully saturated rings. The van der Waals surface area contributed by atoms with Crippen LogP contribution in [0, 0.1) is 0 Å². The average molecular weight is 347 g/mol. The molecule has 0 saturated heterocycles. The van der Waals surface area contributed by atoms with Gasteiger partial charge in [-0.3, -0.25) is 4.79 Å². The molecule has 2 aromatic carbocycles. The number of carbonyl (C=O) groups excluding carboxylic acids is 1. The molecule has 5 heteroatoms. The predicted octanol–water partition coefficient (Wildman–Crippen LogP) is 3.05. The highest BCUT2D eigenvalue weighted by Gasteiger charge is 2.16. The van der Waals surface area contributed by atoms with Crippen LogP contribution in [0.5, 0.6) is 5.75 Å². The Hall–Kier alpha value is -1.85. The third kappa shape index (κ3) is 2.94. The van der Waals surface area contributed by atoms with E-state index in [9.17, 15) is 9.90 Å². The van der Waals surface area contributed by atoms with Gasteiger partial charge in [0.05, 0.1) is 5.56 Å². The van der Waals surface area contributed by atoms with Crippen LogP contribution in [0.15, 0.2) is 40.9 Å². The van der Waals surface area contributed by atoms with Crippen molar-refractivity contribution in [2.24, 2.45) is 0 Å². The van der Waals surface area contributed by atoms with E-state index >= 15 is 0 Å². The number of hydrogen-bond acceptors (Lipinski definition) is 3. The van der Waals surface area contributed by atoms with Crippen LogP contribution in [-0.2, 0) is 13.0 Å². The first-order valence-corrected chi connectivity index (χ1v) is 7.56. The molecule has 108 valence electrons. The lowest BCUT2D eigenvalue weighted by Gasteiger charge is -2.20. The molecular formula is C16H15BrN2O2. The summed E-state index contributed by atoms with van der Waals surface area (Å²) in [6.45, 7) is 1.73. The molecule has 1 aliphatic heterocycles. The fraction of sp³-hybridized carbons (Fsp3) is 0.188. The number of anilines is 1. The topological polar surface area (TPSA) is 61.4 Å². The Bertz CT molecular complexity index is 701. The van der Waals surface area contributed by atoms with Crippen molar-refractivity contribution in [3.63, 3.8) is 0 Å². The van der Waals surface area contributed by atoms with Crippen molar-refractivity contribution in [1.29, 1.82) is 0 Å². The molecule has 0 spiro atoms. The Morgan fingerprint density at radius 2 is 2.14 bits per heavy atom. The van der Waals surface area contributed by atoms with Crippen molar-refractivity contribution in [2.45, 2.75) is 13.0 Å². The number of fused-ring (bicyclic) bond motifs is 1. The molecule has 0 aliphatic carbocycles. The molecule has 4 nitrogen and oxygen atoms in total. The van der Waals surface area contributed by atoms with E-state index < -0.39 is 0 Å². The molecule has 21 heavy (non-hydrogen) atoms. The number of benzene rings is 2. The van der Waals surface area contributed by atoms with Gasteiger partial charge in [-0.25, -0.2) is 0 Å². The molecule has 1 aliphatic rings. The van der Waals surface area contributed by atoms with Crippen LogP contribution in [-0.4, -0.2) is 17.6 Å².